The first-order valence-corrected chi connectivity index (χ1v) is 9.71. The molecule has 1 aromatic heterocycles. The highest BCUT2D eigenvalue weighted by atomic mass is 16.5. The molecule has 1 fully saturated rings. The Kier molecular flexibility index (Phi) is 5.78. The largest absolute Gasteiger partial charge is 0.381 e. The molecule has 142 valence electrons. The monoisotopic (exact) mass is 372 g/mol. The standard InChI is InChI=1S/C24H24N2O2/c27-24(22-9-12-25-13-10-22)26(17-20-11-14-28-18-20)16-19-5-4-8-23(15-19)21-6-2-1-3-7-21/h1-10,12-13,15,20H,11,14,16-18H2. The highest BCUT2D eigenvalue weighted by Crippen LogP contribution is 2.22. The van der Waals surface area contributed by atoms with Gasteiger partial charge in [-0.3, -0.25) is 9.78 Å². The van der Waals surface area contributed by atoms with Crippen molar-refractivity contribution in [2.24, 2.45) is 5.92 Å². The summed E-state index contributed by atoms with van der Waals surface area (Å²) in [6.45, 7) is 2.80. The molecule has 1 atom stereocenters. The molecule has 2 heterocycles. The van der Waals surface area contributed by atoms with Gasteiger partial charge in [0.1, 0.15) is 0 Å². The van der Waals surface area contributed by atoms with Crippen LogP contribution in [0.15, 0.2) is 79.1 Å². The van der Waals surface area contributed by atoms with E-state index >= 15 is 0 Å². The number of carbonyl (C=O) groups excluding carboxylic acids is 1. The average molecular weight is 372 g/mol. The topological polar surface area (TPSA) is 42.4 Å². The molecule has 0 radical (unpaired) electrons. The van der Waals surface area contributed by atoms with Gasteiger partial charge in [0.05, 0.1) is 6.61 Å². The van der Waals surface area contributed by atoms with Crippen molar-refractivity contribution in [1.82, 2.24) is 9.88 Å². The van der Waals surface area contributed by atoms with E-state index in [1.54, 1.807) is 24.5 Å². The molecule has 28 heavy (non-hydrogen) atoms. The zero-order valence-electron chi connectivity index (χ0n) is 15.8. The van der Waals surface area contributed by atoms with E-state index in [9.17, 15) is 4.79 Å². The van der Waals surface area contributed by atoms with Crippen molar-refractivity contribution in [2.45, 2.75) is 13.0 Å². The zero-order chi connectivity index (χ0) is 19.2. The second-order valence-corrected chi connectivity index (χ2v) is 7.22. The van der Waals surface area contributed by atoms with E-state index in [-0.39, 0.29) is 5.91 Å². The Morgan fingerprint density at radius 1 is 1.00 bits per heavy atom. The predicted octanol–water partition coefficient (Wildman–Crippen LogP) is 4.43. The van der Waals surface area contributed by atoms with E-state index in [1.165, 1.54) is 11.1 Å². The van der Waals surface area contributed by atoms with Crippen LogP contribution in [0.5, 0.6) is 0 Å². The molecule has 4 rings (SSSR count). The first kappa shape index (κ1) is 18.4. The summed E-state index contributed by atoms with van der Waals surface area (Å²) < 4.78 is 5.52. The van der Waals surface area contributed by atoms with E-state index in [2.05, 4.69) is 41.4 Å². The van der Waals surface area contributed by atoms with Crippen LogP contribution in [0, 0.1) is 5.92 Å². The van der Waals surface area contributed by atoms with Gasteiger partial charge < -0.3 is 9.64 Å². The molecule has 0 bridgehead atoms. The quantitative estimate of drug-likeness (QED) is 0.643. The molecule has 0 spiro atoms. The Labute approximate surface area is 165 Å². The fraction of sp³-hybridized carbons (Fsp3) is 0.250. The lowest BCUT2D eigenvalue weighted by molar-refractivity contribution is 0.0706. The maximum absolute atomic E-state index is 13.1. The van der Waals surface area contributed by atoms with Crippen LogP contribution >= 0.6 is 0 Å². The summed E-state index contributed by atoms with van der Waals surface area (Å²) in [6, 6.07) is 22.3. The molecular weight excluding hydrogens is 348 g/mol. The summed E-state index contributed by atoms with van der Waals surface area (Å²) >= 11 is 0. The molecule has 1 aliphatic rings. The fourth-order valence-corrected chi connectivity index (χ4v) is 3.64. The van der Waals surface area contributed by atoms with Gasteiger partial charge in [-0.2, -0.15) is 0 Å². The first-order valence-electron chi connectivity index (χ1n) is 9.71. The summed E-state index contributed by atoms with van der Waals surface area (Å²) in [7, 11) is 0. The van der Waals surface area contributed by atoms with Gasteiger partial charge in [-0.1, -0.05) is 48.5 Å². The minimum absolute atomic E-state index is 0.0411. The van der Waals surface area contributed by atoms with Gasteiger partial charge in [-0.15, -0.1) is 0 Å². The van der Waals surface area contributed by atoms with E-state index in [0.29, 0.717) is 24.6 Å². The normalized spacial score (nSPS) is 16.1. The van der Waals surface area contributed by atoms with Crippen LogP contribution in [0.2, 0.25) is 0 Å². The maximum Gasteiger partial charge on any atom is 0.254 e. The number of hydrogen-bond acceptors (Lipinski definition) is 3. The van der Waals surface area contributed by atoms with E-state index in [0.717, 1.165) is 25.2 Å². The second kappa shape index (κ2) is 8.81. The summed E-state index contributed by atoms with van der Waals surface area (Å²) in [5.41, 5.74) is 4.15. The van der Waals surface area contributed by atoms with Gasteiger partial charge in [0.25, 0.3) is 5.91 Å². The number of carbonyl (C=O) groups is 1. The zero-order valence-corrected chi connectivity index (χ0v) is 15.8. The van der Waals surface area contributed by atoms with E-state index in [1.807, 2.05) is 23.1 Å². The highest BCUT2D eigenvalue weighted by Gasteiger charge is 2.23. The van der Waals surface area contributed by atoms with Crippen molar-refractivity contribution in [3.05, 3.63) is 90.3 Å². The van der Waals surface area contributed by atoms with Crippen LogP contribution in [-0.2, 0) is 11.3 Å². The molecule has 2 aromatic carbocycles. The molecule has 4 heteroatoms. The van der Waals surface area contributed by atoms with Crippen molar-refractivity contribution in [3.63, 3.8) is 0 Å². The van der Waals surface area contributed by atoms with Crippen molar-refractivity contribution >= 4 is 5.91 Å². The summed E-state index contributed by atoms with van der Waals surface area (Å²) in [5.74, 6) is 0.433. The lowest BCUT2D eigenvalue weighted by Crippen LogP contribution is -2.35. The number of benzene rings is 2. The number of hydrogen-bond donors (Lipinski definition) is 0. The third-order valence-corrected chi connectivity index (χ3v) is 5.12. The van der Waals surface area contributed by atoms with Gasteiger partial charge in [-0.25, -0.2) is 0 Å². The smallest absolute Gasteiger partial charge is 0.254 e. The Balaban J connectivity index is 1.57. The number of pyridine rings is 1. The van der Waals surface area contributed by atoms with Crippen molar-refractivity contribution in [1.29, 1.82) is 0 Å². The van der Waals surface area contributed by atoms with Crippen molar-refractivity contribution < 1.29 is 9.53 Å². The van der Waals surface area contributed by atoms with Crippen molar-refractivity contribution in [3.8, 4) is 11.1 Å². The molecule has 4 nitrogen and oxygen atoms in total. The molecule has 0 aliphatic carbocycles. The number of ether oxygens (including phenoxy) is 1. The molecule has 1 aliphatic heterocycles. The minimum Gasteiger partial charge on any atom is -0.381 e. The minimum atomic E-state index is 0.0411. The van der Waals surface area contributed by atoms with Gasteiger partial charge in [0.2, 0.25) is 0 Å². The molecule has 1 amide bonds. The van der Waals surface area contributed by atoms with Crippen LogP contribution < -0.4 is 0 Å². The number of amides is 1. The summed E-state index contributed by atoms with van der Waals surface area (Å²) in [4.78, 5) is 19.1. The van der Waals surface area contributed by atoms with Crippen molar-refractivity contribution in [2.75, 3.05) is 19.8 Å². The Hall–Kier alpha value is -2.98. The fourth-order valence-electron chi connectivity index (χ4n) is 3.64. The summed E-state index contributed by atoms with van der Waals surface area (Å²) in [5, 5.41) is 0. The predicted molar refractivity (Wildman–Crippen MR) is 110 cm³/mol. The molecular formula is C24H24N2O2. The van der Waals surface area contributed by atoms with Crippen LogP contribution in [0.3, 0.4) is 0 Å². The Morgan fingerprint density at radius 2 is 1.79 bits per heavy atom. The third kappa shape index (κ3) is 4.46. The van der Waals surface area contributed by atoms with Gasteiger partial charge in [0, 0.05) is 43.6 Å². The lowest BCUT2D eigenvalue weighted by atomic mass is 10.0. The van der Waals surface area contributed by atoms with Crippen LogP contribution in [0.1, 0.15) is 22.3 Å². The number of aromatic nitrogens is 1. The third-order valence-electron chi connectivity index (χ3n) is 5.12. The van der Waals surface area contributed by atoms with E-state index < -0.39 is 0 Å². The Bertz CT molecular complexity index is 906. The van der Waals surface area contributed by atoms with Gasteiger partial charge >= 0.3 is 0 Å². The summed E-state index contributed by atoms with van der Waals surface area (Å²) in [6.07, 6.45) is 4.34. The maximum atomic E-state index is 13.1. The molecule has 0 N–H and O–H groups in total. The molecule has 1 saturated heterocycles. The van der Waals surface area contributed by atoms with Crippen LogP contribution in [0.25, 0.3) is 11.1 Å². The molecule has 3 aromatic rings. The van der Waals surface area contributed by atoms with E-state index in [4.69, 9.17) is 4.74 Å². The Morgan fingerprint density at radius 3 is 2.54 bits per heavy atom. The lowest BCUT2D eigenvalue weighted by Gasteiger charge is -2.26. The molecule has 1 unspecified atom stereocenters. The second-order valence-electron chi connectivity index (χ2n) is 7.22. The number of nitrogens with zero attached hydrogens (tertiary/aromatic N) is 2. The van der Waals surface area contributed by atoms with Crippen LogP contribution in [-0.4, -0.2) is 35.5 Å². The van der Waals surface area contributed by atoms with Gasteiger partial charge in [-0.05, 0) is 41.3 Å². The van der Waals surface area contributed by atoms with Crippen LogP contribution in [0.4, 0.5) is 0 Å². The SMILES string of the molecule is O=C(c1ccncc1)N(Cc1cccc(-c2ccccc2)c1)CC1CCOC1. The number of rotatable bonds is 6. The first-order chi connectivity index (χ1) is 13.8. The van der Waals surface area contributed by atoms with Gasteiger partial charge in [0.15, 0.2) is 0 Å². The average Bonchev–Trinajstić information content (AvgIpc) is 3.27. The molecule has 0 saturated carbocycles. The highest BCUT2D eigenvalue weighted by molar-refractivity contribution is 5.94.